The fourth-order valence-corrected chi connectivity index (χ4v) is 2.51. The van der Waals surface area contributed by atoms with E-state index in [1.54, 1.807) is 18.2 Å². The quantitative estimate of drug-likeness (QED) is 0.592. The van der Waals surface area contributed by atoms with Crippen molar-refractivity contribution in [3.05, 3.63) is 65.5 Å². The van der Waals surface area contributed by atoms with Gasteiger partial charge in [0.05, 0.1) is 0 Å². The Morgan fingerprint density at radius 3 is 2.26 bits per heavy atom. The molecule has 0 heterocycles. The molecular weight excluding hydrogens is 330 g/mol. The summed E-state index contributed by atoms with van der Waals surface area (Å²) in [6, 6.07) is 11.2. The van der Waals surface area contributed by atoms with Crippen LogP contribution in [0.2, 0.25) is 0 Å². The van der Waals surface area contributed by atoms with E-state index in [1.165, 1.54) is 42.3 Å². The van der Waals surface area contributed by atoms with E-state index in [9.17, 15) is 22.4 Å². The Hall–Kier alpha value is -2.02. The van der Waals surface area contributed by atoms with Gasteiger partial charge in [-0.2, -0.15) is 13.2 Å². The Balaban J connectivity index is 2.06. The van der Waals surface area contributed by atoms with Gasteiger partial charge in [-0.3, -0.25) is 4.79 Å². The molecule has 0 unspecified atom stereocenters. The van der Waals surface area contributed by atoms with Crippen LogP contribution in [-0.4, -0.2) is 23.4 Å². The molecule has 0 radical (unpaired) electrons. The Labute approximate surface area is 135 Å². The summed E-state index contributed by atoms with van der Waals surface area (Å²) in [4.78, 5) is 13.5. The van der Waals surface area contributed by atoms with Gasteiger partial charge in [0.15, 0.2) is 0 Å². The van der Waals surface area contributed by atoms with Crippen LogP contribution in [0.3, 0.4) is 0 Å². The van der Waals surface area contributed by atoms with Crippen LogP contribution < -0.4 is 0 Å². The molecule has 2 aromatic carbocycles. The van der Waals surface area contributed by atoms with Gasteiger partial charge in [-0.1, -0.05) is 18.2 Å². The van der Waals surface area contributed by atoms with Gasteiger partial charge < -0.3 is 4.90 Å². The van der Waals surface area contributed by atoms with Crippen LogP contribution in [0.4, 0.5) is 17.6 Å². The Morgan fingerprint density at radius 1 is 1.09 bits per heavy atom. The van der Waals surface area contributed by atoms with Gasteiger partial charge >= 0.3 is 5.51 Å². The predicted octanol–water partition coefficient (Wildman–Crippen LogP) is 4.71. The molecule has 0 N–H and O–H groups in total. The summed E-state index contributed by atoms with van der Waals surface area (Å²) in [6.07, 6.45) is 0. The zero-order valence-electron chi connectivity index (χ0n) is 12.1. The second kappa shape index (κ2) is 7.04. The van der Waals surface area contributed by atoms with Crippen molar-refractivity contribution >= 4 is 17.7 Å². The number of amides is 1. The van der Waals surface area contributed by atoms with Crippen LogP contribution in [0.25, 0.3) is 0 Å². The summed E-state index contributed by atoms with van der Waals surface area (Å²) in [5.41, 5.74) is -3.75. The van der Waals surface area contributed by atoms with Crippen LogP contribution >= 0.6 is 11.8 Å². The van der Waals surface area contributed by atoms with E-state index >= 15 is 0 Å². The third-order valence-corrected chi connectivity index (χ3v) is 3.79. The highest BCUT2D eigenvalue weighted by Crippen LogP contribution is 2.36. The molecule has 0 saturated carbocycles. The SMILES string of the molecule is CN(Cc1ccccc1F)C(=O)c1ccc(SC(F)(F)F)cc1. The lowest BCUT2D eigenvalue weighted by Crippen LogP contribution is -2.26. The lowest BCUT2D eigenvalue weighted by molar-refractivity contribution is -0.0328. The maximum atomic E-state index is 13.6. The molecule has 122 valence electrons. The molecule has 0 saturated heterocycles. The molecule has 2 rings (SSSR count). The molecule has 0 aliphatic carbocycles. The van der Waals surface area contributed by atoms with Crippen molar-refractivity contribution in [2.24, 2.45) is 0 Å². The number of halogens is 4. The first-order valence-corrected chi connectivity index (χ1v) is 7.42. The topological polar surface area (TPSA) is 20.3 Å². The molecule has 0 aliphatic heterocycles. The molecule has 7 heteroatoms. The van der Waals surface area contributed by atoms with Gasteiger partial charge in [-0.05, 0) is 42.1 Å². The average molecular weight is 343 g/mol. The largest absolute Gasteiger partial charge is 0.446 e. The fourth-order valence-electron chi connectivity index (χ4n) is 1.97. The maximum absolute atomic E-state index is 13.6. The number of carbonyl (C=O) groups excluding carboxylic acids is 1. The van der Waals surface area contributed by atoms with Crippen molar-refractivity contribution < 1.29 is 22.4 Å². The van der Waals surface area contributed by atoms with Crippen molar-refractivity contribution in [3.63, 3.8) is 0 Å². The summed E-state index contributed by atoms with van der Waals surface area (Å²) in [5.74, 6) is -0.805. The Morgan fingerprint density at radius 2 is 1.70 bits per heavy atom. The molecule has 0 atom stereocenters. The number of hydrogen-bond acceptors (Lipinski definition) is 2. The van der Waals surface area contributed by atoms with Gasteiger partial charge in [-0.15, -0.1) is 0 Å². The summed E-state index contributed by atoms with van der Waals surface area (Å²) in [7, 11) is 1.51. The van der Waals surface area contributed by atoms with Gasteiger partial charge in [0.1, 0.15) is 5.82 Å². The van der Waals surface area contributed by atoms with Gasteiger partial charge in [-0.25, -0.2) is 4.39 Å². The minimum absolute atomic E-state index is 0.00538. The standard InChI is InChI=1S/C16H13F4NOS/c1-21(10-12-4-2-3-5-14(12)17)15(22)11-6-8-13(9-7-11)23-16(18,19)20/h2-9H,10H2,1H3. The lowest BCUT2D eigenvalue weighted by atomic mass is 10.1. The number of benzene rings is 2. The number of rotatable bonds is 4. The van der Waals surface area contributed by atoms with E-state index < -0.39 is 17.2 Å². The van der Waals surface area contributed by atoms with Crippen molar-refractivity contribution in [2.75, 3.05) is 7.05 Å². The third kappa shape index (κ3) is 4.99. The van der Waals surface area contributed by atoms with Crippen molar-refractivity contribution in [1.82, 2.24) is 4.90 Å². The number of carbonyl (C=O) groups is 1. The number of nitrogens with zero attached hydrogens (tertiary/aromatic N) is 1. The Kier molecular flexibility index (Phi) is 5.30. The first-order chi connectivity index (χ1) is 10.8. The molecule has 23 heavy (non-hydrogen) atoms. The second-order valence-corrected chi connectivity index (χ2v) is 5.96. The van der Waals surface area contributed by atoms with Gasteiger partial charge in [0.2, 0.25) is 0 Å². The molecule has 0 fully saturated rings. The Bertz CT molecular complexity index is 685. The number of thioether (sulfide) groups is 1. The van der Waals surface area contributed by atoms with E-state index in [4.69, 9.17) is 0 Å². The van der Waals surface area contributed by atoms with E-state index in [2.05, 4.69) is 0 Å². The van der Waals surface area contributed by atoms with E-state index in [1.807, 2.05) is 0 Å². The van der Waals surface area contributed by atoms with Gasteiger partial charge in [0.25, 0.3) is 5.91 Å². The normalized spacial score (nSPS) is 11.3. The molecule has 0 aliphatic rings. The van der Waals surface area contributed by atoms with Crippen LogP contribution in [0, 0.1) is 5.82 Å². The molecule has 2 nitrogen and oxygen atoms in total. The number of hydrogen-bond donors (Lipinski definition) is 0. The first-order valence-electron chi connectivity index (χ1n) is 6.61. The highest BCUT2D eigenvalue weighted by Gasteiger charge is 2.29. The molecule has 0 bridgehead atoms. The molecular formula is C16H13F4NOS. The summed E-state index contributed by atoms with van der Waals surface area (Å²) in [6.45, 7) is 0.0740. The highest BCUT2D eigenvalue weighted by molar-refractivity contribution is 8.00. The fraction of sp³-hybridized carbons (Fsp3) is 0.188. The van der Waals surface area contributed by atoms with Crippen molar-refractivity contribution in [3.8, 4) is 0 Å². The summed E-state index contributed by atoms with van der Waals surface area (Å²) < 4.78 is 50.4. The zero-order chi connectivity index (χ0) is 17.0. The summed E-state index contributed by atoms with van der Waals surface area (Å²) in [5, 5.41) is 0. The maximum Gasteiger partial charge on any atom is 0.446 e. The lowest BCUT2D eigenvalue weighted by Gasteiger charge is -2.18. The first kappa shape index (κ1) is 17.3. The third-order valence-electron chi connectivity index (χ3n) is 3.05. The van der Waals surface area contributed by atoms with Crippen LogP contribution in [0.1, 0.15) is 15.9 Å². The van der Waals surface area contributed by atoms with Crippen LogP contribution in [0.5, 0.6) is 0 Å². The average Bonchev–Trinajstić information content (AvgIpc) is 2.48. The minimum atomic E-state index is -4.37. The number of alkyl halides is 3. The van der Waals surface area contributed by atoms with E-state index in [-0.39, 0.29) is 28.8 Å². The van der Waals surface area contributed by atoms with Gasteiger partial charge in [0, 0.05) is 29.6 Å². The monoisotopic (exact) mass is 343 g/mol. The van der Waals surface area contributed by atoms with Crippen molar-refractivity contribution in [2.45, 2.75) is 16.9 Å². The van der Waals surface area contributed by atoms with Crippen molar-refractivity contribution in [1.29, 1.82) is 0 Å². The van der Waals surface area contributed by atoms with E-state index in [0.29, 0.717) is 5.56 Å². The molecule has 2 aromatic rings. The molecule has 0 spiro atoms. The van der Waals surface area contributed by atoms with Crippen LogP contribution in [0.15, 0.2) is 53.4 Å². The minimum Gasteiger partial charge on any atom is -0.337 e. The summed E-state index contributed by atoms with van der Waals surface area (Å²) >= 11 is -0.240. The zero-order valence-corrected chi connectivity index (χ0v) is 12.9. The predicted molar refractivity (Wildman–Crippen MR) is 80.6 cm³/mol. The van der Waals surface area contributed by atoms with Crippen LogP contribution in [-0.2, 0) is 6.54 Å². The molecule has 1 amide bonds. The second-order valence-electron chi connectivity index (χ2n) is 4.82. The smallest absolute Gasteiger partial charge is 0.337 e. The molecule has 0 aromatic heterocycles. The highest BCUT2D eigenvalue weighted by atomic mass is 32.2. The van der Waals surface area contributed by atoms with E-state index in [0.717, 1.165) is 0 Å².